The van der Waals surface area contributed by atoms with Gasteiger partial charge in [0.05, 0.1) is 17.0 Å². The maximum Gasteiger partial charge on any atom is 0.155 e. The number of benzene rings is 2. The number of para-hydroxylation sites is 1. The maximum absolute atomic E-state index is 10.0. The predicted octanol–water partition coefficient (Wildman–Crippen LogP) is 7.54. The number of pyridine rings is 1. The van der Waals surface area contributed by atoms with E-state index in [1.54, 1.807) is 0 Å². The van der Waals surface area contributed by atoms with Crippen molar-refractivity contribution in [2.24, 2.45) is 5.41 Å². The van der Waals surface area contributed by atoms with E-state index in [-0.39, 0.29) is 47.9 Å². The minimum Gasteiger partial charge on any atom is -0.512 e. The fraction of sp³-hybridized carbons (Fsp3) is 0.333. The van der Waals surface area contributed by atoms with Crippen LogP contribution in [-0.2, 0) is 35.7 Å². The molecule has 2 unspecified atom stereocenters. The second-order valence-corrected chi connectivity index (χ2v) is 11.5. The molecular formula is C33H34IrN3O2-. The van der Waals surface area contributed by atoms with Crippen molar-refractivity contribution in [1.82, 2.24) is 15.0 Å². The number of rotatable bonds is 3. The van der Waals surface area contributed by atoms with E-state index >= 15 is 0 Å². The number of hydrogen-bond donors (Lipinski definition) is 1. The van der Waals surface area contributed by atoms with Crippen molar-refractivity contribution < 1.29 is 30.0 Å². The number of ketones is 1. The molecule has 4 aromatic rings. The Bertz CT molecular complexity index is 1590. The van der Waals surface area contributed by atoms with Gasteiger partial charge in [-0.2, -0.15) is 0 Å². The third-order valence-corrected chi connectivity index (χ3v) is 9.14. The number of carbonyl (C=O) groups excluding carboxylic acids is 1. The molecule has 2 aromatic heterocycles. The van der Waals surface area contributed by atoms with Crippen LogP contribution in [0.2, 0.25) is 0 Å². The van der Waals surface area contributed by atoms with Gasteiger partial charge < -0.3 is 5.11 Å². The van der Waals surface area contributed by atoms with E-state index in [2.05, 4.69) is 70.3 Å². The van der Waals surface area contributed by atoms with Gasteiger partial charge in [-0.05, 0) is 54.8 Å². The second kappa shape index (κ2) is 10.4. The summed E-state index contributed by atoms with van der Waals surface area (Å²) >= 11 is 0. The molecule has 0 amide bonds. The Morgan fingerprint density at radius 1 is 0.974 bits per heavy atom. The standard InChI is InChI=1S/C28H26N3.C5H8O2.Ir/c1-26(2)27(3)14-15-28(26,4)24-21(27)17-29-25(31-24)20-10-7-9-19(16-20)23-13-12-18-8-5-6-11-22(18)30-23;1-4(6)3-5(2)7;/h5-8,10-13,16-17H,14-15H2,1-4H3;3,6H,1-2H3;/q-1;;. The minimum absolute atomic E-state index is 0. The number of fused-ring (bicyclic) bond motifs is 6. The molecule has 2 atom stereocenters. The third-order valence-electron chi connectivity index (χ3n) is 9.14. The average molecular weight is 697 g/mol. The molecule has 1 fully saturated rings. The Morgan fingerprint density at radius 3 is 2.38 bits per heavy atom. The van der Waals surface area contributed by atoms with Crippen molar-refractivity contribution >= 4 is 16.7 Å². The molecule has 1 N–H and O–H groups in total. The van der Waals surface area contributed by atoms with Crippen LogP contribution >= 0.6 is 0 Å². The van der Waals surface area contributed by atoms with Crippen molar-refractivity contribution in [1.29, 1.82) is 0 Å². The summed E-state index contributed by atoms with van der Waals surface area (Å²) in [6.07, 6.45) is 5.66. The first-order valence-electron chi connectivity index (χ1n) is 13.1. The van der Waals surface area contributed by atoms with Crippen molar-refractivity contribution in [3.63, 3.8) is 0 Å². The molecule has 2 aliphatic carbocycles. The molecule has 2 aromatic carbocycles. The Labute approximate surface area is 244 Å². The van der Waals surface area contributed by atoms with E-state index < -0.39 is 0 Å². The molecule has 1 radical (unpaired) electrons. The summed E-state index contributed by atoms with van der Waals surface area (Å²) in [4.78, 5) is 24.8. The summed E-state index contributed by atoms with van der Waals surface area (Å²) < 4.78 is 0. The minimum atomic E-state index is -0.125. The number of nitrogens with zero attached hydrogens (tertiary/aromatic N) is 3. The first-order chi connectivity index (χ1) is 18.0. The van der Waals surface area contributed by atoms with Crippen LogP contribution in [0.5, 0.6) is 0 Å². The predicted molar refractivity (Wildman–Crippen MR) is 152 cm³/mol. The van der Waals surface area contributed by atoms with E-state index in [0.717, 1.165) is 33.5 Å². The summed E-state index contributed by atoms with van der Waals surface area (Å²) in [6, 6.07) is 21.8. The number of carbonyl (C=O) groups is 1. The van der Waals surface area contributed by atoms with Gasteiger partial charge in [0.15, 0.2) is 5.78 Å². The summed E-state index contributed by atoms with van der Waals surface area (Å²) in [6.45, 7) is 12.4. The van der Waals surface area contributed by atoms with Crippen molar-refractivity contribution in [2.75, 3.05) is 0 Å². The Morgan fingerprint density at radius 2 is 1.69 bits per heavy atom. The molecule has 0 aliphatic heterocycles. The summed E-state index contributed by atoms with van der Waals surface area (Å²) in [5, 5.41) is 9.51. The molecule has 2 heterocycles. The van der Waals surface area contributed by atoms with Crippen LogP contribution in [0, 0.1) is 11.5 Å². The zero-order chi connectivity index (χ0) is 27.3. The van der Waals surface area contributed by atoms with E-state index in [9.17, 15) is 4.79 Å². The van der Waals surface area contributed by atoms with Gasteiger partial charge in [0.2, 0.25) is 0 Å². The second-order valence-electron chi connectivity index (χ2n) is 11.5. The third kappa shape index (κ3) is 4.74. The fourth-order valence-electron chi connectivity index (χ4n) is 6.23. The molecule has 0 spiro atoms. The van der Waals surface area contributed by atoms with Gasteiger partial charge in [-0.15, -0.1) is 29.8 Å². The Kier molecular flexibility index (Phi) is 7.68. The zero-order valence-electron chi connectivity index (χ0n) is 23.3. The monoisotopic (exact) mass is 697 g/mol. The van der Waals surface area contributed by atoms with Crippen LogP contribution in [-0.4, -0.2) is 25.8 Å². The Balaban J connectivity index is 0.000000394. The van der Waals surface area contributed by atoms with E-state index in [1.165, 1.54) is 44.0 Å². The van der Waals surface area contributed by atoms with Crippen LogP contribution in [0.3, 0.4) is 0 Å². The fourth-order valence-corrected chi connectivity index (χ4v) is 6.23. The SMILES string of the molecule is CC(=O)C=C(C)O.CC12CCC(C)(c3nc(-c4cc[c-]c(-c5ccc6ccccc6n5)c4)ncc31)C2(C)C.[Ir]. The van der Waals surface area contributed by atoms with Gasteiger partial charge in [-0.1, -0.05) is 63.6 Å². The first kappa shape index (κ1) is 28.8. The van der Waals surface area contributed by atoms with Crippen molar-refractivity contribution in [3.05, 3.63) is 90.0 Å². The molecule has 2 bridgehead atoms. The first-order valence-corrected chi connectivity index (χ1v) is 13.1. The number of aliphatic hydroxyl groups is 1. The van der Waals surface area contributed by atoms with Crippen LogP contribution < -0.4 is 0 Å². The summed E-state index contributed by atoms with van der Waals surface area (Å²) in [5.41, 5.74) is 6.91. The van der Waals surface area contributed by atoms with Crippen molar-refractivity contribution in [3.8, 4) is 22.6 Å². The van der Waals surface area contributed by atoms with E-state index in [0.29, 0.717) is 0 Å². The van der Waals surface area contributed by atoms with Crippen LogP contribution in [0.4, 0.5) is 0 Å². The van der Waals surface area contributed by atoms with Gasteiger partial charge >= 0.3 is 0 Å². The van der Waals surface area contributed by atoms with Crippen molar-refractivity contribution in [2.45, 2.75) is 65.2 Å². The number of hydrogen-bond acceptors (Lipinski definition) is 5. The quantitative estimate of drug-likeness (QED) is 0.136. The molecule has 6 heteroatoms. The molecule has 6 rings (SSSR count). The maximum atomic E-state index is 10.0. The van der Waals surface area contributed by atoms with Crippen LogP contribution in [0.15, 0.2) is 72.6 Å². The van der Waals surface area contributed by atoms with E-state index in [1.807, 2.05) is 24.3 Å². The number of allylic oxidation sites excluding steroid dienone is 2. The van der Waals surface area contributed by atoms with Gasteiger partial charge in [0.1, 0.15) is 5.82 Å². The molecule has 2 aliphatic rings. The van der Waals surface area contributed by atoms with Crippen LogP contribution in [0.25, 0.3) is 33.5 Å². The van der Waals surface area contributed by atoms with Gasteiger partial charge in [-0.25, -0.2) is 9.97 Å². The number of aromatic nitrogens is 3. The summed E-state index contributed by atoms with van der Waals surface area (Å²) in [5.74, 6) is 0.732. The average Bonchev–Trinajstić information content (AvgIpc) is 3.15. The molecule has 5 nitrogen and oxygen atoms in total. The Hall–Kier alpha value is -3.21. The summed E-state index contributed by atoms with van der Waals surface area (Å²) in [7, 11) is 0. The molecule has 39 heavy (non-hydrogen) atoms. The van der Waals surface area contributed by atoms with Gasteiger partial charge in [0.25, 0.3) is 0 Å². The van der Waals surface area contributed by atoms with Gasteiger partial charge in [-0.3, -0.25) is 9.78 Å². The smallest absolute Gasteiger partial charge is 0.155 e. The molecule has 0 saturated heterocycles. The molecule has 203 valence electrons. The molecule has 1 saturated carbocycles. The van der Waals surface area contributed by atoms with Gasteiger partial charge in [0, 0.05) is 43.2 Å². The van der Waals surface area contributed by atoms with E-state index in [4.69, 9.17) is 20.1 Å². The number of aliphatic hydroxyl groups excluding tert-OH is 1. The van der Waals surface area contributed by atoms with Crippen LogP contribution in [0.1, 0.15) is 65.6 Å². The largest absolute Gasteiger partial charge is 0.512 e. The topological polar surface area (TPSA) is 76.0 Å². The molecular weight excluding hydrogens is 663 g/mol. The normalized spacial score (nSPS) is 22.5. The zero-order valence-corrected chi connectivity index (χ0v) is 25.7.